The van der Waals surface area contributed by atoms with E-state index in [1.807, 2.05) is 12.1 Å². The molecule has 1 aliphatic heterocycles. The van der Waals surface area contributed by atoms with E-state index in [1.165, 1.54) is 25.4 Å². The first-order valence-corrected chi connectivity index (χ1v) is 10.8. The Morgan fingerprint density at radius 1 is 1.19 bits per heavy atom. The molecule has 1 amide bonds. The standard InChI is InChI=1S/C23H24N4O4/c1-30-23(29)18-16-12-8-14(15(9-12)17(16)18)11-2-4-13(5-3-11)27-6-7-31-21-19(22(27)28)20(24)25-10-26-21/h2-5,10,12,14-18H,6-9H2,1H3,(H2,24,25,26)/t12-,14+,15-,16?,17?,18?/m0/s1. The molecule has 2 bridgehead atoms. The van der Waals surface area contributed by atoms with Gasteiger partial charge in [-0.2, -0.15) is 0 Å². The van der Waals surface area contributed by atoms with Crippen LogP contribution in [0.25, 0.3) is 0 Å². The van der Waals surface area contributed by atoms with Crippen molar-refractivity contribution in [2.24, 2.45) is 29.6 Å². The normalized spacial score (nSPS) is 32.7. The van der Waals surface area contributed by atoms with E-state index < -0.39 is 0 Å². The number of ether oxygens (including phenoxy) is 2. The van der Waals surface area contributed by atoms with Crippen LogP contribution in [-0.2, 0) is 9.53 Å². The van der Waals surface area contributed by atoms with E-state index in [4.69, 9.17) is 15.2 Å². The van der Waals surface area contributed by atoms with Crippen LogP contribution in [0.1, 0.15) is 34.7 Å². The number of benzene rings is 1. The van der Waals surface area contributed by atoms with Crippen molar-refractivity contribution < 1.29 is 19.1 Å². The SMILES string of the molecule is COC(=O)C1C2C1[C@H]1C[C@@H]2C[C@@H]1c1ccc(N2CCOc3ncnc(N)c3C2=O)cc1. The number of fused-ring (bicyclic) bond motifs is 6. The first-order valence-electron chi connectivity index (χ1n) is 10.8. The molecule has 160 valence electrons. The summed E-state index contributed by atoms with van der Waals surface area (Å²) in [6, 6.07) is 8.23. The lowest BCUT2D eigenvalue weighted by atomic mass is 9.83. The van der Waals surface area contributed by atoms with Crippen LogP contribution in [0.3, 0.4) is 0 Å². The second-order valence-corrected chi connectivity index (χ2v) is 9.04. The second-order valence-electron chi connectivity index (χ2n) is 9.04. The molecule has 31 heavy (non-hydrogen) atoms. The zero-order valence-electron chi connectivity index (χ0n) is 17.2. The monoisotopic (exact) mass is 420 g/mol. The minimum absolute atomic E-state index is 0.0360. The average Bonchev–Trinajstić information content (AvgIpc) is 3.32. The maximum Gasteiger partial charge on any atom is 0.309 e. The summed E-state index contributed by atoms with van der Waals surface area (Å²) in [5.41, 5.74) is 8.23. The van der Waals surface area contributed by atoms with Crippen LogP contribution in [0.4, 0.5) is 11.5 Å². The largest absolute Gasteiger partial charge is 0.475 e. The molecule has 3 fully saturated rings. The maximum atomic E-state index is 13.1. The molecule has 2 heterocycles. The molecule has 2 aromatic rings. The van der Waals surface area contributed by atoms with Gasteiger partial charge in [-0.1, -0.05) is 12.1 Å². The number of esters is 1. The molecule has 8 nitrogen and oxygen atoms in total. The van der Waals surface area contributed by atoms with Crippen molar-refractivity contribution in [1.29, 1.82) is 0 Å². The van der Waals surface area contributed by atoms with E-state index in [-0.39, 0.29) is 35.1 Å². The van der Waals surface area contributed by atoms with Crippen molar-refractivity contribution in [3.8, 4) is 5.88 Å². The Balaban J connectivity index is 1.23. The Bertz CT molecular complexity index is 1070. The summed E-state index contributed by atoms with van der Waals surface area (Å²) in [4.78, 5) is 34.8. The van der Waals surface area contributed by atoms with E-state index in [1.54, 1.807) is 4.90 Å². The van der Waals surface area contributed by atoms with Crippen molar-refractivity contribution in [3.63, 3.8) is 0 Å². The van der Waals surface area contributed by atoms with Crippen molar-refractivity contribution in [3.05, 3.63) is 41.7 Å². The predicted octanol–water partition coefficient (Wildman–Crippen LogP) is 2.26. The quantitative estimate of drug-likeness (QED) is 0.759. The predicted molar refractivity (Wildman–Crippen MR) is 111 cm³/mol. The van der Waals surface area contributed by atoms with Crippen LogP contribution in [0, 0.1) is 29.6 Å². The molecule has 4 aliphatic rings. The maximum absolute atomic E-state index is 13.1. The van der Waals surface area contributed by atoms with Crippen LogP contribution in [0.5, 0.6) is 5.88 Å². The van der Waals surface area contributed by atoms with Gasteiger partial charge in [0.1, 0.15) is 24.3 Å². The van der Waals surface area contributed by atoms with Gasteiger partial charge in [-0.25, -0.2) is 9.97 Å². The molecule has 3 unspecified atom stereocenters. The molecule has 0 radical (unpaired) electrons. The molecule has 6 atom stereocenters. The van der Waals surface area contributed by atoms with Gasteiger partial charge in [-0.15, -0.1) is 0 Å². The number of anilines is 2. The number of nitrogen functional groups attached to an aromatic ring is 1. The number of nitrogens with two attached hydrogens (primary N) is 1. The highest BCUT2D eigenvalue weighted by atomic mass is 16.5. The Morgan fingerprint density at radius 2 is 2.00 bits per heavy atom. The van der Waals surface area contributed by atoms with E-state index in [2.05, 4.69) is 22.1 Å². The van der Waals surface area contributed by atoms with E-state index in [0.717, 1.165) is 12.1 Å². The molecular weight excluding hydrogens is 396 g/mol. The summed E-state index contributed by atoms with van der Waals surface area (Å²) in [5, 5.41) is 0. The van der Waals surface area contributed by atoms with Crippen LogP contribution in [-0.4, -0.2) is 42.1 Å². The number of nitrogens with zero attached hydrogens (tertiary/aromatic N) is 3. The van der Waals surface area contributed by atoms with Gasteiger partial charge in [0.2, 0.25) is 5.88 Å². The molecule has 3 saturated carbocycles. The lowest BCUT2D eigenvalue weighted by Crippen LogP contribution is -2.32. The first-order chi connectivity index (χ1) is 15.1. The lowest BCUT2D eigenvalue weighted by Gasteiger charge is -2.24. The number of aromatic nitrogens is 2. The van der Waals surface area contributed by atoms with Crippen molar-refractivity contribution >= 4 is 23.4 Å². The Labute approximate surface area is 179 Å². The third-order valence-electron chi connectivity index (χ3n) is 7.78. The van der Waals surface area contributed by atoms with Gasteiger partial charge >= 0.3 is 5.97 Å². The summed E-state index contributed by atoms with van der Waals surface area (Å²) in [5.74, 6) is 2.87. The molecular formula is C23H24N4O4. The van der Waals surface area contributed by atoms with Gasteiger partial charge < -0.3 is 20.1 Å². The highest BCUT2D eigenvalue weighted by Crippen LogP contribution is 2.73. The van der Waals surface area contributed by atoms with Gasteiger partial charge in [-0.3, -0.25) is 9.59 Å². The Morgan fingerprint density at radius 3 is 2.77 bits per heavy atom. The Kier molecular flexibility index (Phi) is 4.00. The first kappa shape index (κ1) is 18.6. The molecule has 3 aliphatic carbocycles. The fourth-order valence-corrected chi connectivity index (χ4v) is 6.51. The summed E-state index contributed by atoms with van der Waals surface area (Å²) in [6.45, 7) is 0.744. The van der Waals surface area contributed by atoms with Crippen molar-refractivity contribution in [2.75, 3.05) is 30.9 Å². The van der Waals surface area contributed by atoms with Gasteiger partial charge in [-0.05, 0) is 60.1 Å². The van der Waals surface area contributed by atoms with Crippen LogP contribution < -0.4 is 15.4 Å². The Hall–Kier alpha value is -3.16. The van der Waals surface area contributed by atoms with Crippen molar-refractivity contribution in [2.45, 2.75) is 18.8 Å². The number of carbonyl (C=O) groups is 2. The molecule has 6 rings (SSSR count). The molecule has 2 N–H and O–H groups in total. The summed E-state index contributed by atoms with van der Waals surface area (Å²) < 4.78 is 10.6. The summed E-state index contributed by atoms with van der Waals surface area (Å²) in [6.07, 6.45) is 3.65. The second kappa shape index (κ2) is 6.67. The van der Waals surface area contributed by atoms with Crippen LogP contribution in [0.2, 0.25) is 0 Å². The number of rotatable bonds is 3. The number of amides is 1. The fraction of sp³-hybridized carbons (Fsp3) is 0.478. The topological polar surface area (TPSA) is 108 Å². The summed E-state index contributed by atoms with van der Waals surface area (Å²) >= 11 is 0. The molecule has 1 aromatic heterocycles. The minimum atomic E-state index is -0.250. The fourth-order valence-electron chi connectivity index (χ4n) is 6.51. The van der Waals surface area contributed by atoms with Gasteiger partial charge in [0.15, 0.2) is 0 Å². The highest BCUT2D eigenvalue weighted by molar-refractivity contribution is 6.10. The average molecular weight is 420 g/mol. The van der Waals surface area contributed by atoms with Gasteiger partial charge in [0.25, 0.3) is 5.91 Å². The summed E-state index contributed by atoms with van der Waals surface area (Å²) in [7, 11) is 1.49. The zero-order valence-corrected chi connectivity index (χ0v) is 17.2. The molecule has 1 aromatic carbocycles. The number of carbonyl (C=O) groups excluding carboxylic acids is 2. The minimum Gasteiger partial charge on any atom is -0.475 e. The number of hydrogen-bond donors (Lipinski definition) is 1. The third-order valence-corrected chi connectivity index (χ3v) is 7.78. The van der Waals surface area contributed by atoms with Crippen molar-refractivity contribution in [1.82, 2.24) is 9.97 Å². The number of hydrogen-bond acceptors (Lipinski definition) is 7. The lowest BCUT2D eigenvalue weighted by molar-refractivity contribution is -0.143. The van der Waals surface area contributed by atoms with E-state index in [0.29, 0.717) is 42.7 Å². The van der Waals surface area contributed by atoms with Crippen LogP contribution >= 0.6 is 0 Å². The van der Waals surface area contributed by atoms with Gasteiger partial charge in [0.05, 0.1) is 19.6 Å². The van der Waals surface area contributed by atoms with Gasteiger partial charge in [0, 0.05) is 5.69 Å². The molecule has 8 heteroatoms. The highest BCUT2D eigenvalue weighted by Gasteiger charge is 2.70. The zero-order chi connectivity index (χ0) is 21.3. The number of methoxy groups -OCH3 is 1. The third kappa shape index (κ3) is 2.66. The molecule has 0 saturated heterocycles. The van der Waals surface area contributed by atoms with E-state index in [9.17, 15) is 9.59 Å². The smallest absolute Gasteiger partial charge is 0.309 e. The van der Waals surface area contributed by atoms with E-state index >= 15 is 0 Å². The van der Waals surface area contributed by atoms with Crippen LogP contribution in [0.15, 0.2) is 30.6 Å². The molecule has 0 spiro atoms.